The van der Waals surface area contributed by atoms with Crippen molar-refractivity contribution in [2.75, 3.05) is 39.3 Å². The maximum absolute atomic E-state index is 13.2. The molecule has 0 spiro atoms. The van der Waals surface area contributed by atoms with Gasteiger partial charge in [0.25, 0.3) is 5.56 Å². The fourth-order valence-corrected chi connectivity index (χ4v) is 3.62. The standard InChI is InChI=1S/C24H30N4O4/c1-17-8-7-9-19(16-17)25-24(30)27(12-14-31-3)18(2)22-26-21-11-6-5-10-20(21)23(29)28(22)13-15-32-4/h5-11,16,18H,12-15H2,1-4H3,(H,25,30). The number of aromatic nitrogens is 2. The zero-order valence-electron chi connectivity index (χ0n) is 19.0. The Morgan fingerprint density at radius 2 is 1.88 bits per heavy atom. The molecule has 0 saturated carbocycles. The van der Waals surface area contributed by atoms with Crippen LogP contribution in [0.4, 0.5) is 10.5 Å². The minimum atomic E-state index is -0.482. The Bertz CT molecular complexity index is 1130. The van der Waals surface area contributed by atoms with E-state index in [0.29, 0.717) is 48.7 Å². The molecule has 1 aromatic heterocycles. The molecule has 0 aliphatic rings. The number of anilines is 1. The summed E-state index contributed by atoms with van der Waals surface area (Å²) in [6, 6.07) is 14.0. The van der Waals surface area contributed by atoms with Crippen LogP contribution in [0.15, 0.2) is 53.3 Å². The average molecular weight is 439 g/mol. The van der Waals surface area contributed by atoms with E-state index in [4.69, 9.17) is 14.5 Å². The van der Waals surface area contributed by atoms with Crippen LogP contribution in [0.2, 0.25) is 0 Å². The molecule has 170 valence electrons. The minimum Gasteiger partial charge on any atom is -0.383 e. The minimum absolute atomic E-state index is 0.153. The summed E-state index contributed by atoms with van der Waals surface area (Å²) >= 11 is 0. The summed E-state index contributed by atoms with van der Waals surface area (Å²) in [5.74, 6) is 0.501. The van der Waals surface area contributed by atoms with Crippen molar-refractivity contribution >= 4 is 22.6 Å². The van der Waals surface area contributed by atoms with Gasteiger partial charge in [-0.25, -0.2) is 9.78 Å². The van der Waals surface area contributed by atoms with Gasteiger partial charge in [0.05, 0.1) is 36.7 Å². The number of rotatable bonds is 9. The molecule has 3 aromatic rings. The summed E-state index contributed by atoms with van der Waals surface area (Å²) in [5, 5.41) is 3.48. The molecule has 1 unspecified atom stereocenters. The highest BCUT2D eigenvalue weighted by Crippen LogP contribution is 2.21. The summed E-state index contributed by atoms with van der Waals surface area (Å²) in [6.07, 6.45) is 0. The van der Waals surface area contributed by atoms with Crippen molar-refractivity contribution in [2.24, 2.45) is 0 Å². The molecule has 0 radical (unpaired) electrons. The molecule has 1 N–H and O–H groups in total. The summed E-state index contributed by atoms with van der Waals surface area (Å²) in [7, 11) is 3.17. The van der Waals surface area contributed by atoms with Crippen molar-refractivity contribution in [3.05, 3.63) is 70.3 Å². The van der Waals surface area contributed by atoms with Gasteiger partial charge in [-0.15, -0.1) is 0 Å². The molecule has 0 aliphatic carbocycles. The molecule has 1 heterocycles. The van der Waals surface area contributed by atoms with E-state index in [1.165, 1.54) is 0 Å². The number of carbonyl (C=O) groups excluding carboxylic acids is 1. The van der Waals surface area contributed by atoms with E-state index in [9.17, 15) is 9.59 Å². The van der Waals surface area contributed by atoms with E-state index in [-0.39, 0.29) is 11.6 Å². The van der Waals surface area contributed by atoms with Gasteiger partial charge in [0.2, 0.25) is 0 Å². The van der Waals surface area contributed by atoms with Crippen LogP contribution in [0.1, 0.15) is 24.4 Å². The predicted molar refractivity (Wildman–Crippen MR) is 125 cm³/mol. The van der Waals surface area contributed by atoms with Gasteiger partial charge in [0, 0.05) is 26.5 Å². The second-order valence-electron chi connectivity index (χ2n) is 7.60. The molecule has 8 nitrogen and oxygen atoms in total. The maximum atomic E-state index is 13.2. The number of nitrogens with zero attached hydrogens (tertiary/aromatic N) is 3. The highest BCUT2D eigenvalue weighted by atomic mass is 16.5. The largest absolute Gasteiger partial charge is 0.383 e. The molecule has 0 bridgehead atoms. The first kappa shape index (κ1) is 23.4. The van der Waals surface area contributed by atoms with Crippen molar-refractivity contribution in [3.8, 4) is 0 Å². The number of aryl methyl sites for hydroxylation is 1. The third-order valence-corrected chi connectivity index (χ3v) is 5.32. The SMILES string of the molecule is COCCN(C(=O)Nc1cccc(C)c1)C(C)c1nc2ccccc2c(=O)n1CCOC. The normalized spacial score (nSPS) is 12.0. The van der Waals surface area contributed by atoms with E-state index in [1.54, 1.807) is 35.8 Å². The monoisotopic (exact) mass is 438 g/mol. The van der Waals surface area contributed by atoms with Crippen LogP contribution in [-0.2, 0) is 16.0 Å². The lowest BCUT2D eigenvalue weighted by atomic mass is 10.2. The van der Waals surface area contributed by atoms with Crippen molar-refractivity contribution in [1.82, 2.24) is 14.5 Å². The van der Waals surface area contributed by atoms with E-state index >= 15 is 0 Å². The van der Waals surface area contributed by atoms with Gasteiger partial charge in [-0.3, -0.25) is 9.36 Å². The van der Waals surface area contributed by atoms with Crippen molar-refractivity contribution in [1.29, 1.82) is 0 Å². The van der Waals surface area contributed by atoms with E-state index in [2.05, 4.69) is 5.32 Å². The molecule has 2 amide bonds. The Balaban J connectivity index is 2.01. The molecule has 32 heavy (non-hydrogen) atoms. The smallest absolute Gasteiger partial charge is 0.322 e. The summed E-state index contributed by atoms with van der Waals surface area (Å²) in [6.45, 7) is 5.21. The zero-order chi connectivity index (χ0) is 23.1. The number of benzene rings is 2. The molecule has 8 heteroatoms. The maximum Gasteiger partial charge on any atom is 0.322 e. The van der Waals surface area contributed by atoms with Gasteiger partial charge >= 0.3 is 6.03 Å². The second kappa shape index (κ2) is 10.9. The van der Waals surface area contributed by atoms with Crippen LogP contribution in [0.5, 0.6) is 0 Å². The Hall–Kier alpha value is -3.23. The lowest BCUT2D eigenvalue weighted by molar-refractivity contribution is 0.134. The summed E-state index contributed by atoms with van der Waals surface area (Å²) in [4.78, 5) is 32.9. The fourth-order valence-electron chi connectivity index (χ4n) is 3.62. The number of methoxy groups -OCH3 is 2. The molecular formula is C24H30N4O4. The first-order chi connectivity index (χ1) is 15.5. The van der Waals surface area contributed by atoms with E-state index < -0.39 is 6.04 Å². The summed E-state index contributed by atoms with van der Waals surface area (Å²) in [5.41, 5.74) is 2.19. The highest BCUT2D eigenvalue weighted by Gasteiger charge is 2.26. The van der Waals surface area contributed by atoms with Gasteiger partial charge in [-0.1, -0.05) is 24.3 Å². The Kier molecular flexibility index (Phi) is 7.97. The van der Waals surface area contributed by atoms with Gasteiger partial charge in [-0.2, -0.15) is 0 Å². The van der Waals surface area contributed by atoms with Crippen molar-refractivity contribution in [3.63, 3.8) is 0 Å². The molecule has 0 aliphatic heterocycles. The van der Waals surface area contributed by atoms with Gasteiger partial charge in [0.15, 0.2) is 0 Å². The van der Waals surface area contributed by atoms with Crippen molar-refractivity contribution in [2.45, 2.75) is 26.4 Å². The lowest BCUT2D eigenvalue weighted by Crippen LogP contribution is -2.42. The quantitative estimate of drug-likeness (QED) is 0.552. The third-order valence-electron chi connectivity index (χ3n) is 5.32. The van der Waals surface area contributed by atoms with E-state index in [0.717, 1.165) is 5.56 Å². The van der Waals surface area contributed by atoms with Crippen LogP contribution in [0.25, 0.3) is 10.9 Å². The molecule has 0 saturated heterocycles. The van der Waals surface area contributed by atoms with Crippen LogP contribution < -0.4 is 10.9 Å². The lowest BCUT2D eigenvalue weighted by Gasteiger charge is -2.30. The first-order valence-electron chi connectivity index (χ1n) is 10.6. The third kappa shape index (κ3) is 5.33. The Morgan fingerprint density at radius 1 is 1.12 bits per heavy atom. The molecule has 1 atom stereocenters. The van der Waals surface area contributed by atoms with Crippen LogP contribution in [-0.4, -0.2) is 54.5 Å². The number of hydrogen-bond acceptors (Lipinski definition) is 5. The van der Waals surface area contributed by atoms with Gasteiger partial charge in [-0.05, 0) is 43.7 Å². The average Bonchev–Trinajstić information content (AvgIpc) is 2.78. The number of hydrogen-bond donors (Lipinski definition) is 1. The molecular weight excluding hydrogens is 408 g/mol. The number of fused-ring (bicyclic) bond motifs is 1. The zero-order valence-corrected chi connectivity index (χ0v) is 19.0. The topological polar surface area (TPSA) is 85.7 Å². The highest BCUT2D eigenvalue weighted by molar-refractivity contribution is 5.89. The van der Waals surface area contributed by atoms with Crippen LogP contribution >= 0.6 is 0 Å². The Morgan fingerprint density at radius 3 is 2.59 bits per heavy atom. The first-order valence-corrected chi connectivity index (χ1v) is 10.6. The van der Waals surface area contributed by atoms with Gasteiger partial charge in [0.1, 0.15) is 5.82 Å². The van der Waals surface area contributed by atoms with Gasteiger partial charge < -0.3 is 19.7 Å². The summed E-state index contributed by atoms with van der Waals surface area (Å²) < 4.78 is 12.0. The second-order valence-corrected chi connectivity index (χ2v) is 7.60. The number of nitrogens with one attached hydrogen (secondary N) is 1. The number of amides is 2. The molecule has 2 aromatic carbocycles. The fraction of sp³-hybridized carbons (Fsp3) is 0.375. The van der Waals surface area contributed by atoms with Crippen LogP contribution in [0.3, 0.4) is 0 Å². The predicted octanol–water partition coefficient (Wildman–Crippen LogP) is 3.59. The molecule has 0 fully saturated rings. The molecule has 3 rings (SSSR count). The number of urea groups is 1. The Labute approximate surface area is 187 Å². The number of carbonyl (C=O) groups is 1. The number of ether oxygens (including phenoxy) is 2. The van der Waals surface area contributed by atoms with Crippen LogP contribution in [0, 0.1) is 6.92 Å². The number of para-hydroxylation sites is 1. The van der Waals surface area contributed by atoms with E-state index in [1.807, 2.05) is 50.2 Å². The van der Waals surface area contributed by atoms with Crippen molar-refractivity contribution < 1.29 is 14.3 Å².